The zero-order valence-electron chi connectivity index (χ0n) is 15.1. The summed E-state index contributed by atoms with van der Waals surface area (Å²) in [5, 5.41) is 5.14. The summed E-state index contributed by atoms with van der Waals surface area (Å²) in [5.41, 5.74) is 4.98. The molecular formula is C21H21ClN2O2S. The fraction of sp³-hybridized carbons (Fsp3) is 0.286. The lowest BCUT2D eigenvalue weighted by molar-refractivity contribution is 0.554. The van der Waals surface area contributed by atoms with Gasteiger partial charge in [-0.3, -0.25) is 0 Å². The summed E-state index contributed by atoms with van der Waals surface area (Å²) in [5.74, 6) is 0.473. The molecule has 1 N–H and O–H groups in total. The van der Waals surface area contributed by atoms with Gasteiger partial charge in [0.25, 0.3) is 0 Å². The molecule has 6 heteroatoms. The maximum atomic E-state index is 11.7. The second kappa shape index (κ2) is 7.23. The Kier molecular flexibility index (Phi) is 4.93. The number of aromatic nitrogens is 1. The third kappa shape index (κ3) is 4.15. The SMILES string of the molecule is Cc1ccc2cc(CN[C@H]3CCS(=O)(=O)C3)c(-c3cccc(Cl)c3)nc2c1. The van der Waals surface area contributed by atoms with Crippen molar-refractivity contribution in [1.82, 2.24) is 10.3 Å². The molecule has 2 aromatic carbocycles. The van der Waals surface area contributed by atoms with Gasteiger partial charge in [-0.1, -0.05) is 35.9 Å². The third-order valence-corrected chi connectivity index (χ3v) is 6.97. The third-order valence-electron chi connectivity index (χ3n) is 4.96. The first kappa shape index (κ1) is 18.4. The van der Waals surface area contributed by atoms with Crippen LogP contribution in [0.2, 0.25) is 5.02 Å². The van der Waals surface area contributed by atoms with E-state index in [0.717, 1.165) is 33.3 Å². The van der Waals surface area contributed by atoms with E-state index in [9.17, 15) is 8.42 Å². The van der Waals surface area contributed by atoms with E-state index in [1.807, 2.05) is 24.3 Å². The molecule has 0 saturated carbocycles. The first-order chi connectivity index (χ1) is 12.9. The number of nitrogens with one attached hydrogen (secondary N) is 1. The molecule has 2 heterocycles. The molecule has 0 spiro atoms. The van der Waals surface area contributed by atoms with Crippen LogP contribution in [0.15, 0.2) is 48.5 Å². The lowest BCUT2D eigenvalue weighted by Crippen LogP contribution is -2.29. The van der Waals surface area contributed by atoms with E-state index in [1.54, 1.807) is 0 Å². The predicted molar refractivity (Wildman–Crippen MR) is 111 cm³/mol. The van der Waals surface area contributed by atoms with Gasteiger partial charge in [-0.2, -0.15) is 0 Å². The van der Waals surface area contributed by atoms with Crippen LogP contribution in [0.4, 0.5) is 0 Å². The Balaban J connectivity index is 1.73. The molecule has 1 aromatic heterocycles. The van der Waals surface area contributed by atoms with Crippen molar-refractivity contribution in [3.05, 3.63) is 64.7 Å². The van der Waals surface area contributed by atoms with Crippen LogP contribution in [-0.2, 0) is 16.4 Å². The number of halogens is 1. The Bertz CT molecular complexity index is 1110. The van der Waals surface area contributed by atoms with Crippen molar-refractivity contribution in [1.29, 1.82) is 0 Å². The Hall–Kier alpha value is -1.95. The first-order valence-corrected chi connectivity index (χ1v) is 11.2. The number of nitrogens with zero attached hydrogens (tertiary/aromatic N) is 1. The van der Waals surface area contributed by atoms with Gasteiger partial charge >= 0.3 is 0 Å². The fourth-order valence-corrected chi connectivity index (χ4v) is 5.45. The van der Waals surface area contributed by atoms with Gasteiger partial charge in [0.1, 0.15) is 0 Å². The molecule has 0 radical (unpaired) electrons. The van der Waals surface area contributed by atoms with Gasteiger partial charge in [0.05, 0.1) is 22.7 Å². The highest BCUT2D eigenvalue weighted by Crippen LogP contribution is 2.28. The number of fused-ring (bicyclic) bond motifs is 1. The molecule has 1 fully saturated rings. The molecule has 1 aliphatic rings. The second-order valence-electron chi connectivity index (χ2n) is 7.18. The Morgan fingerprint density at radius 3 is 2.78 bits per heavy atom. The van der Waals surface area contributed by atoms with E-state index in [4.69, 9.17) is 16.6 Å². The van der Waals surface area contributed by atoms with Gasteiger partial charge in [0.2, 0.25) is 0 Å². The van der Waals surface area contributed by atoms with Crippen LogP contribution in [0.5, 0.6) is 0 Å². The average molecular weight is 401 g/mol. The summed E-state index contributed by atoms with van der Waals surface area (Å²) >= 11 is 6.19. The number of pyridine rings is 1. The van der Waals surface area contributed by atoms with Crippen molar-refractivity contribution in [2.45, 2.75) is 25.9 Å². The average Bonchev–Trinajstić information content (AvgIpc) is 2.98. The number of rotatable bonds is 4. The second-order valence-corrected chi connectivity index (χ2v) is 9.85. The van der Waals surface area contributed by atoms with Crippen LogP contribution >= 0.6 is 11.6 Å². The normalized spacial score (nSPS) is 18.8. The number of sulfone groups is 1. The standard InChI is InChI=1S/C21H21ClN2O2S/c1-14-5-6-15-10-17(12-23-19-7-8-27(25,26)13-19)21(24-20(15)9-14)16-3-2-4-18(22)11-16/h2-6,9-11,19,23H,7-8,12-13H2,1H3/t19-/m0/s1. The smallest absolute Gasteiger partial charge is 0.151 e. The molecule has 0 bridgehead atoms. The lowest BCUT2D eigenvalue weighted by atomic mass is 10.0. The molecule has 0 aliphatic carbocycles. The van der Waals surface area contributed by atoms with Crippen molar-refractivity contribution >= 4 is 32.3 Å². The van der Waals surface area contributed by atoms with Crippen LogP contribution in [0.25, 0.3) is 22.2 Å². The van der Waals surface area contributed by atoms with Gasteiger partial charge in [0.15, 0.2) is 9.84 Å². The number of hydrogen-bond donors (Lipinski definition) is 1. The van der Waals surface area contributed by atoms with E-state index in [0.29, 0.717) is 18.0 Å². The highest BCUT2D eigenvalue weighted by Gasteiger charge is 2.27. The monoisotopic (exact) mass is 400 g/mol. The minimum absolute atomic E-state index is 0.00377. The van der Waals surface area contributed by atoms with Gasteiger partial charge in [-0.25, -0.2) is 13.4 Å². The predicted octanol–water partition coefficient (Wildman–Crippen LogP) is 4.14. The van der Waals surface area contributed by atoms with Crippen molar-refractivity contribution < 1.29 is 8.42 Å². The van der Waals surface area contributed by atoms with Crippen LogP contribution in [0, 0.1) is 6.92 Å². The summed E-state index contributed by atoms with van der Waals surface area (Å²) in [7, 11) is -2.90. The van der Waals surface area contributed by atoms with E-state index in [2.05, 4.69) is 36.5 Å². The zero-order chi connectivity index (χ0) is 19.0. The molecule has 1 aliphatic heterocycles. The Morgan fingerprint density at radius 1 is 1.19 bits per heavy atom. The van der Waals surface area contributed by atoms with E-state index < -0.39 is 9.84 Å². The maximum Gasteiger partial charge on any atom is 0.151 e. The van der Waals surface area contributed by atoms with Crippen molar-refractivity contribution in [2.75, 3.05) is 11.5 Å². The van der Waals surface area contributed by atoms with Crippen LogP contribution in [-0.4, -0.2) is 30.9 Å². The highest BCUT2D eigenvalue weighted by molar-refractivity contribution is 7.91. The van der Waals surface area contributed by atoms with Gasteiger partial charge in [0, 0.05) is 28.6 Å². The molecule has 0 amide bonds. The molecule has 3 aromatic rings. The summed E-state index contributed by atoms with van der Waals surface area (Å²) in [6, 6.07) is 16.0. The largest absolute Gasteiger partial charge is 0.309 e. The summed E-state index contributed by atoms with van der Waals surface area (Å²) < 4.78 is 23.4. The van der Waals surface area contributed by atoms with E-state index >= 15 is 0 Å². The molecule has 0 unspecified atom stereocenters. The summed E-state index contributed by atoms with van der Waals surface area (Å²) in [4.78, 5) is 4.90. The van der Waals surface area contributed by atoms with Gasteiger partial charge < -0.3 is 5.32 Å². The quantitative estimate of drug-likeness (QED) is 0.715. The van der Waals surface area contributed by atoms with Gasteiger partial charge in [-0.05, 0) is 48.7 Å². The Morgan fingerprint density at radius 2 is 2.04 bits per heavy atom. The van der Waals surface area contributed by atoms with Crippen molar-refractivity contribution in [2.24, 2.45) is 0 Å². The number of benzene rings is 2. The Labute approximate surface area is 164 Å². The first-order valence-electron chi connectivity index (χ1n) is 9.00. The topological polar surface area (TPSA) is 59.1 Å². The van der Waals surface area contributed by atoms with Crippen molar-refractivity contribution in [3.63, 3.8) is 0 Å². The zero-order valence-corrected chi connectivity index (χ0v) is 16.6. The maximum absolute atomic E-state index is 11.7. The van der Waals surface area contributed by atoms with Crippen LogP contribution < -0.4 is 5.32 Å². The fourth-order valence-electron chi connectivity index (χ4n) is 3.55. The summed E-state index contributed by atoms with van der Waals surface area (Å²) in [6.45, 7) is 2.62. The minimum atomic E-state index is -2.90. The van der Waals surface area contributed by atoms with Crippen LogP contribution in [0.3, 0.4) is 0 Å². The highest BCUT2D eigenvalue weighted by atomic mass is 35.5. The van der Waals surface area contributed by atoms with E-state index in [1.165, 1.54) is 0 Å². The van der Waals surface area contributed by atoms with Crippen molar-refractivity contribution in [3.8, 4) is 11.3 Å². The molecular weight excluding hydrogens is 380 g/mol. The molecule has 4 nitrogen and oxygen atoms in total. The molecule has 1 saturated heterocycles. The molecule has 140 valence electrons. The van der Waals surface area contributed by atoms with Crippen LogP contribution in [0.1, 0.15) is 17.5 Å². The lowest BCUT2D eigenvalue weighted by Gasteiger charge is -2.15. The minimum Gasteiger partial charge on any atom is -0.309 e. The summed E-state index contributed by atoms with van der Waals surface area (Å²) in [6.07, 6.45) is 0.662. The molecule has 4 rings (SSSR count). The number of aryl methyl sites for hydroxylation is 1. The van der Waals surface area contributed by atoms with E-state index in [-0.39, 0.29) is 17.5 Å². The molecule has 1 atom stereocenters. The number of hydrogen-bond acceptors (Lipinski definition) is 4. The molecule has 27 heavy (non-hydrogen) atoms. The van der Waals surface area contributed by atoms with Gasteiger partial charge in [-0.15, -0.1) is 0 Å².